The Morgan fingerprint density at radius 2 is 1.82 bits per heavy atom. The van der Waals surface area contributed by atoms with Crippen molar-refractivity contribution in [3.63, 3.8) is 0 Å². The van der Waals surface area contributed by atoms with E-state index in [1.807, 2.05) is 17.5 Å². The lowest BCUT2D eigenvalue weighted by Gasteiger charge is -2.11. The summed E-state index contributed by atoms with van der Waals surface area (Å²) in [7, 11) is -3.75. The van der Waals surface area contributed by atoms with Gasteiger partial charge in [-0.05, 0) is 53.8 Å². The Hall–Kier alpha value is -2.35. The molecule has 8 heteroatoms. The molecule has 2 aromatic carbocycles. The second-order valence-electron chi connectivity index (χ2n) is 6.20. The van der Waals surface area contributed by atoms with Crippen LogP contribution in [0.4, 0.5) is 5.69 Å². The minimum Gasteiger partial charge on any atom is -0.351 e. The van der Waals surface area contributed by atoms with E-state index in [4.69, 9.17) is 11.6 Å². The van der Waals surface area contributed by atoms with Crippen LogP contribution in [0.25, 0.3) is 0 Å². The molecule has 0 aliphatic rings. The Morgan fingerprint density at radius 1 is 1.07 bits per heavy atom. The first-order valence-corrected chi connectivity index (χ1v) is 11.3. The quantitative estimate of drug-likeness (QED) is 0.579. The number of carbonyl (C=O) groups is 1. The van der Waals surface area contributed by atoms with Crippen LogP contribution in [0.5, 0.6) is 0 Å². The highest BCUT2D eigenvalue weighted by Crippen LogP contribution is 2.25. The van der Waals surface area contributed by atoms with E-state index in [2.05, 4.69) is 10.0 Å². The molecule has 28 heavy (non-hydrogen) atoms. The third-order valence-corrected chi connectivity index (χ3v) is 6.93. The van der Waals surface area contributed by atoms with Crippen LogP contribution in [-0.4, -0.2) is 14.3 Å². The summed E-state index contributed by atoms with van der Waals surface area (Å²) in [6.45, 7) is 2.17. The summed E-state index contributed by atoms with van der Waals surface area (Å²) >= 11 is 7.61. The molecule has 0 aliphatic carbocycles. The zero-order valence-corrected chi connectivity index (χ0v) is 17.5. The molecule has 0 fully saturated rings. The predicted octanol–water partition coefficient (Wildman–Crippen LogP) is 4.37. The van der Waals surface area contributed by atoms with Crippen molar-refractivity contribution in [2.75, 3.05) is 4.72 Å². The summed E-state index contributed by atoms with van der Waals surface area (Å²) < 4.78 is 27.7. The molecule has 2 N–H and O–H groups in total. The van der Waals surface area contributed by atoms with Crippen LogP contribution in [0.3, 0.4) is 0 Å². The highest BCUT2D eigenvalue weighted by atomic mass is 35.5. The van der Waals surface area contributed by atoms with Crippen molar-refractivity contribution in [1.29, 1.82) is 0 Å². The predicted molar refractivity (Wildman–Crippen MR) is 113 cm³/mol. The molecular weight excluding hydrogens is 416 g/mol. The van der Waals surface area contributed by atoms with E-state index in [9.17, 15) is 13.2 Å². The largest absolute Gasteiger partial charge is 0.351 e. The molecule has 146 valence electrons. The fraction of sp³-hybridized carbons (Fsp3) is 0.150. The summed E-state index contributed by atoms with van der Waals surface area (Å²) in [5.74, 6) is -0.0868. The number of anilines is 1. The number of rotatable bonds is 7. The monoisotopic (exact) mass is 434 g/mol. The summed E-state index contributed by atoms with van der Waals surface area (Å²) in [6, 6.07) is 15.4. The first-order chi connectivity index (χ1) is 13.3. The van der Waals surface area contributed by atoms with Gasteiger partial charge in [0.05, 0.1) is 17.9 Å². The van der Waals surface area contributed by atoms with E-state index in [0.717, 1.165) is 10.4 Å². The maximum absolute atomic E-state index is 12.6. The van der Waals surface area contributed by atoms with Crippen molar-refractivity contribution in [3.05, 3.63) is 81.0 Å². The molecule has 3 rings (SSSR count). The molecular formula is C20H19ClN2O3S2. The van der Waals surface area contributed by atoms with Crippen LogP contribution >= 0.6 is 22.9 Å². The summed E-state index contributed by atoms with van der Waals surface area (Å²) in [5.41, 5.74) is 1.71. The Bertz CT molecular complexity index is 1060. The molecule has 0 spiro atoms. The van der Waals surface area contributed by atoms with Crippen LogP contribution in [0.15, 0.2) is 64.9 Å². The number of sulfonamides is 1. The fourth-order valence-electron chi connectivity index (χ4n) is 2.63. The number of amides is 1. The van der Waals surface area contributed by atoms with Gasteiger partial charge in [0.15, 0.2) is 0 Å². The van der Waals surface area contributed by atoms with Gasteiger partial charge in [0.25, 0.3) is 10.0 Å². The number of nitrogens with one attached hydrogen (secondary N) is 2. The fourth-order valence-corrected chi connectivity index (χ4v) is 4.83. The van der Waals surface area contributed by atoms with Gasteiger partial charge in [-0.15, -0.1) is 11.3 Å². The van der Waals surface area contributed by atoms with Gasteiger partial charge < -0.3 is 5.32 Å². The van der Waals surface area contributed by atoms with Crippen LogP contribution in [-0.2, 0) is 27.8 Å². The Labute approximate surface area is 173 Å². The van der Waals surface area contributed by atoms with Crippen molar-refractivity contribution in [3.8, 4) is 0 Å². The average molecular weight is 435 g/mol. The number of thiophene rings is 1. The molecule has 0 aliphatic heterocycles. The van der Waals surface area contributed by atoms with Gasteiger partial charge in [-0.3, -0.25) is 9.52 Å². The SMILES string of the molecule is Cc1c(Cl)cccc1S(=O)(=O)Nc1ccc(CC(=O)NCc2cccs2)cc1. The second kappa shape index (κ2) is 8.77. The van der Waals surface area contributed by atoms with Gasteiger partial charge in [0.2, 0.25) is 5.91 Å². The van der Waals surface area contributed by atoms with E-state index in [1.54, 1.807) is 54.7 Å². The smallest absolute Gasteiger partial charge is 0.262 e. The summed E-state index contributed by atoms with van der Waals surface area (Å²) in [4.78, 5) is 13.3. The van der Waals surface area contributed by atoms with Crippen molar-refractivity contribution < 1.29 is 13.2 Å². The molecule has 1 heterocycles. The van der Waals surface area contributed by atoms with Crippen LogP contribution < -0.4 is 10.0 Å². The van der Waals surface area contributed by atoms with Crippen molar-refractivity contribution in [2.24, 2.45) is 0 Å². The first-order valence-electron chi connectivity index (χ1n) is 8.51. The zero-order valence-electron chi connectivity index (χ0n) is 15.1. The number of hydrogen-bond donors (Lipinski definition) is 2. The molecule has 0 saturated heterocycles. The minimum absolute atomic E-state index is 0.0868. The Kier molecular flexibility index (Phi) is 6.39. The first kappa shape index (κ1) is 20.4. The Morgan fingerprint density at radius 3 is 2.50 bits per heavy atom. The summed E-state index contributed by atoms with van der Waals surface area (Å²) in [5, 5.41) is 5.23. The van der Waals surface area contributed by atoms with Gasteiger partial charge in [0.1, 0.15) is 0 Å². The summed E-state index contributed by atoms with van der Waals surface area (Å²) in [6.07, 6.45) is 0.228. The van der Waals surface area contributed by atoms with Gasteiger partial charge in [0, 0.05) is 15.6 Å². The standard InChI is InChI=1S/C20H19ClN2O3S2/c1-14-18(21)5-2-6-19(14)28(25,26)23-16-9-7-15(8-10-16)12-20(24)22-13-17-4-3-11-27-17/h2-11,23H,12-13H2,1H3,(H,22,24). The lowest BCUT2D eigenvalue weighted by molar-refractivity contribution is -0.120. The normalized spacial score (nSPS) is 11.2. The van der Waals surface area contributed by atoms with Gasteiger partial charge in [-0.25, -0.2) is 8.42 Å². The van der Waals surface area contributed by atoms with Gasteiger partial charge >= 0.3 is 0 Å². The lowest BCUT2D eigenvalue weighted by atomic mass is 10.1. The van der Waals surface area contributed by atoms with Crippen LogP contribution in [0, 0.1) is 6.92 Å². The third kappa shape index (κ3) is 5.13. The number of hydrogen-bond acceptors (Lipinski definition) is 4. The average Bonchev–Trinajstić information content (AvgIpc) is 3.17. The molecule has 0 atom stereocenters. The van der Waals surface area contributed by atoms with E-state index in [0.29, 0.717) is 22.8 Å². The highest BCUT2D eigenvalue weighted by Gasteiger charge is 2.18. The van der Waals surface area contributed by atoms with E-state index in [-0.39, 0.29) is 17.2 Å². The topological polar surface area (TPSA) is 75.3 Å². The number of carbonyl (C=O) groups excluding carboxylic acids is 1. The van der Waals surface area contributed by atoms with Gasteiger partial charge in [-0.2, -0.15) is 0 Å². The van der Waals surface area contributed by atoms with Crippen molar-refractivity contribution in [2.45, 2.75) is 24.8 Å². The number of benzene rings is 2. The lowest BCUT2D eigenvalue weighted by Crippen LogP contribution is -2.24. The van der Waals surface area contributed by atoms with Crippen molar-refractivity contribution >= 4 is 44.6 Å². The molecule has 1 aromatic heterocycles. The van der Waals surface area contributed by atoms with Crippen molar-refractivity contribution in [1.82, 2.24) is 5.32 Å². The second-order valence-corrected chi connectivity index (χ2v) is 9.29. The Balaban J connectivity index is 1.62. The molecule has 5 nitrogen and oxygen atoms in total. The zero-order chi connectivity index (χ0) is 20.1. The van der Waals surface area contributed by atoms with Gasteiger partial charge in [-0.1, -0.05) is 35.9 Å². The highest BCUT2D eigenvalue weighted by molar-refractivity contribution is 7.92. The van der Waals surface area contributed by atoms with Crippen LogP contribution in [0.2, 0.25) is 5.02 Å². The molecule has 0 saturated carbocycles. The molecule has 3 aromatic rings. The van der Waals surface area contributed by atoms with E-state index >= 15 is 0 Å². The maximum atomic E-state index is 12.6. The molecule has 1 amide bonds. The molecule has 0 radical (unpaired) electrons. The maximum Gasteiger partial charge on any atom is 0.262 e. The molecule has 0 unspecified atom stereocenters. The van der Waals surface area contributed by atoms with Crippen LogP contribution in [0.1, 0.15) is 16.0 Å². The van der Waals surface area contributed by atoms with E-state index < -0.39 is 10.0 Å². The molecule has 0 bridgehead atoms. The third-order valence-electron chi connectivity index (χ3n) is 4.12. The minimum atomic E-state index is -3.75. The van der Waals surface area contributed by atoms with E-state index in [1.165, 1.54) is 6.07 Å². The number of halogens is 1.